The summed E-state index contributed by atoms with van der Waals surface area (Å²) in [6.45, 7) is 0.0854. The van der Waals surface area contributed by atoms with Crippen LogP contribution in [0.5, 0.6) is 0 Å². The van der Waals surface area contributed by atoms with Crippen LogP contribution in [-0.2, 0) is 6.54 Å². The van der Waals surface area contributed by atoms with Crippen molar-refractivity contribution in [2.75, 3.05) is 12.4 Å². The van der Waals surface area contributed by atoms with Gasteiger partial charge in [-0.1, -0.05) is 54.1 Å². The Bertz CT molecular complexity index is 872. The van der Waals surface area contributed by atoms with Crippen molar-refractivity contribution in [3.8, 4) is 0 Å². The molecule has 0 bridgehead atoms. The summed E-state index contributed by atoms with van der Waals surface area (Å²) in [4.78, 5) is 13.8. The molecular weight excluding hydrogens is 327 g/mol. The minimum atomic E-state index is -0.424. The first-order valence-corrected chi connectivity index (χ1v) is 7.87. The second-order valence-electron chi connectivity index (χ2n) is 5.51. The third kappa shape index (κ3) is 3.34. The molecule has 0 heterocycles. The maximum absolute atomic E-state index is 13.9. The standard InChI is InChI=1S/C19H16ClFN2O/c1-23(12-15-16(20)9-5-10-17(15)21)19(24)22-18-11-4-7-13-6-2-3-8-14(13)18/h2-11H,12H2,1H3,(H,22,24). The highest BCUT2D eigenvalue weighted by molar-refractivity contribution is 6.31. The van der Waals surface area contributed by atoms with Crippen LogP contribution in [-0.4, -0.2) is 18.0 Å². The van der Waals surface area contributed by atoms with Crippen LogP contribution in [0.3, 0.4) is 0 Å². The van der Waals surface area contributed by atoms with Gasteiger partial charge < -0.3 is 10.2 Å². The zero-order chi connectivity index (χ0) is 17.1. The summed E-state index contributed by atoms with van der Waals surface area (Å²) in [6.07, 6.45) is 0. The van der Waals surface area contributed by atoms with Crippen molar-refractivity contribution in [3.63, 3.8) is 0 Å². The number of carbonyl (C=O) groups excluding carboxylic acids is 1. The molecule has 5 heteroatoms. The Labute approximate surface area is 144 Å². The Morgan fingerprint density at radius 1 is 1.08 bits per heavy atom. The summed E-state index contributed by atoms with van der Waals surface area (Å²) in [5, 5.41) is 5.16. The smallest absolute Gasteiger partial charge is 0.321 e. The Balaban J connectivity index is 1.79. The van der Waals surface area contributed by atoms with Crippen LogP contribution in [0.25, 0.3) is 10.8 Å². The highest BCUT2D eigenvalue weighted by Gasteiger charge is 2.15. The maximum Gasteiger partial charge on any atom is 0.321 e. The van der Waals surface area contributed by atoms with E-state index in [0.717, 1.165) is 10.8 Å². The van der Waals surface area contributed by atoms with Gasteiger partial charge in [-0.3, -0.25) is 0 Å². The number of hydrogen-bond acceptors (Lipinski definition) is 1. The molecule has 2 amide bonds. The van der Waals surface area contributed by atoms with Crippen LogP contribution < -0.4 is 5.32 Å². The number of urea groups is 1. The van der Waals surface area contributed by atoms with E-state index < -0.39 is 5.82 Å². The van der Waals surface area contributed by atoms with Crippen LogP contribution >= 0.6 is 11.6 Å². The molecule has 0 radical (unpaired) electrons. The number of benzene rings is 3. The minimum Gasteiger partial charge on any atom is -0.323 e. The summed E-state index contributed by atoms with van der Waals surface area (Å²) >= 11 is 6.02. The first-order chi connectivity index (χ1) is 11.6. The van der Waals surface area contributed by atoms with E-state index in [1.165, 1.54) is 17.0 Å². The molecule has 0 aliphatic rings. The molecule has 3 rings (SSSR count). The molecule has 3 nitrogen and oxygen atoms in total. The quantitative estimate of drug-likeness (QED) is 0.688. The van der Waals surface area contributed by atoms with Crippen LogP contribution in [0.15, 0.2) is 60.7 Å². The van der Waals surface area contributed by atoms with Crippen molar-refractivity contribution in [2.24, 2.45) is 0 Å². The predicted molar refractivity (Wildman–Crippen MR) is 95.8 cm³/mol. The SMILES string of the molecule is CN(Cc1c(F)cccc1Cl)C(=O)Nc1cccc2ccccc12. The van der Waals surface area contributed by atoms with Gasteiger partial charge in [-0.25, -0.2) is 9.18 Å². The summed E-state index contributed by atoms with van der Waals surface area (Å²) < 4.78 is 13.9. The van der Waals surface area contributed by atoms with E-state index in [2.05, 4.69) is 5.32 Å². The number of halogens is 2. The molecule has 0 atom stereocenters. The molecule has 3 aromatic rings. The van der Waals surface area contributed by atoms with E-state index in [-0.39, 0.29) is 12.6 Å². The normalized spacial score (nSPS) is 10.6. The van der Waals surface area contributed by atoms with Crippen LogP contribution in [0.1, 0.15) is 5.56 Å². The lowest BCUT2D eigenvalue weighted by atomic mass is 10.1. The first kappa shape index (κ1) is 16.3. The van der Waals surface area contributed by atoms with Gasteiger partial charge in [-0.05, 0) is 23.6 Å². The molecular formula is C19H16ClFN2O. The number of fused-ring (bicyclic) bond motifs is 1. The summed E-state index contributed by atoms with van der Waals surface area (Å²) in [7, 11) is 1.60. The van der Waals surface area contributed by atoms with Crippen LogP contribution in [0.4, 0.5) is 14.9 Å². The van der Waals surface area contributed by atoms with E-state index in [9.17, 15) is 9.18 Å². The Morgan fingerprint density at radius 3 is 2.58 bits per heavy atom. The fourth-order valence-corrected chi connectivity index (χ4v) is 2.76. The number of anilines is 1. The minimum absolute atomic E-state index is 0.0854. The van der Waals surface area contributed by atoms with E-state index in [1.807, 2.05) is 42.5 Å². The van der Waals surface area contributed by atoms with Crippen molar-refractivity contribution in [1.29, 1.82) is 0 Å². The summed E-state index contributed by atoms with van der Waals surface area (Å²) in [5.41, 5.74) is 1.01. The summed E-state index contributed by atoms with van der Waals surface area (Å²) in [5.74, 6) is -0.424. The van der Waals surface area contributed by atoms with Gasteiger partial charge in [0.25, 0.3) is 0 Å². The second-order valence-corrected chi connectivity index (χ2v) is 5.92. The molecule has 0 spiro atoms. The van der Waals surface area contributed by atoms with Gasteiger partial charge in [0.2, 0.25) is 0 Å². The molecule has 0 aliphatic carbocycles. The zero-order valence-corrected chi connectivity index (χ0v) is 13.8. The molecule has 0 aromatic heterocycles. The van der Waals surface area contributed by atoms with Crippen molar-refractivity contribution < 1.29 is 9.18 Å². The zero-order valence-electron chi connectivity index (χ0n) is 13.1. The maximum atomic E-state index is 13.9. The Kier molecular flexibility index (Phi) is 4.67. The fraction of sp³-hybridized carbons (Fsp3) is 0.105. The van der Waals surface area contributed by atoms with E-state index in [1.54, 1.807) is 13.1 Å². The lowest BCUT2D eigenvalue weighted by molar-refractivity contribution is 0.220. The second kappa shape index (κ2) is 6.89. The Hall–Kier alpha value is -2.59. The van der Waals surface area contributed by atoms with Gasteiger partial charge in [0, 0.05) is 23.0 Å². The van der Waals surface area contributed by atoms with Crippen LogP contribution in [0, 0.1) is 5.82 Å². The molecule has 0 unspecified atom stereocenters. The third-order valence-electron chi connectivity index (χ3n) is 3.83. The first-order valence-electron chi connectivity index (χ1n) is 7.49. The largest absolute Gasteiger partial charge is 0.323 e. The average molecular weight is 343 g/mol. The predicted octanol–water partition coefficient (Wildman–Crippen LogP) is 5.30. The van der Waals surface area contributed by atoms with E-state index in [4.69, 9.17) is 11.6 Å². The third-order valence-corrected chi connectivity index (χ3v) is 4.19. The lowest BCUT2D eigenvalue weighted by Gasteiger charge is -2.19. The summed E-state index contributed by atoms with van der Waals surface area (Å²) in [6, 6.07) is 17.6. The monoisotopic (exact) mass is 342 g/mol. The van der Waals surface area contributed by atoms with Gasteiger partial charge in [-0.2, -0.15) is 0 Å². The van der Waals surface area contributed by atoms with Gasteiger partial charge in [-0.15, -0.1) is 0 Å². The van der Waals surface area contributed by atoms with Gasteiger partial charge in [0.1, 0.15) is 5.82 Å². The molecule has 1 N–H and O–H groups in total. The molecule has 122 valence electrons. The number of amides is 2. The number of hydrogen-bond donors (Lipinski definition) is 1. The molecule has 0 saturated carbocycles. The van der Waals surface area contributed by atoms with Crippen LogP contribution in [0.2, 0.25) is 5.02 Å². The number of carbonyl (C=O) groups is 1. The highest BCUT2D eigenvalue weighted by atomic mass is 35.5. The number of nitrogens with zero attached hydrogens (tertiary/aromatic N) is 1. The topological polar surface area (TPSA) is 32.3 Å². The van der Waals surface area contributed by atoms with Crippen molar-refractivity contribution in [3.05, 3.63) is 77.1 Å². The highest BCUT2D eigenvalue weighted by Crippen LogP contribution is 2.24. The average Bonchev–Trinajstić information content (AvgIpc) is 2.58. The molecule has 24 heavy (non-hydrogen) atoms. The van der Waals surface area contributed by atoms with Crippen molar-refractivity contribution in [2.45, 2.75) is 6.54 Å². The number of rotatable bonds is 3. The van der Waals surface area contributed by atoms with E-state index >= 15 is 0 Å². The molecule has 3 aromatic carbocycles. The van der Waals surface area contributed by atoms with E-state index in [0.29, 0.717) is 16.3 Å². The van der Waals surface area contributed by atoms with Crippen molar-refractivity contribution in [1.82, 2.24) is 4.90 Å². The molecule has 0 aliphatic heterocycles. The fourth-order valence-electron chi connectivity index (χ4n) is 2.54. The lowest BCUT2D eigenvalue weighted by Crippen LogP contribution is -2.31. The molecule has 0 fully saturated rings. The molecule has 0 saturated heterocycles. The van der Waals surface area contributed by atoms with Gasteiger partial charge >= 0.3 is 6.03 Å². The van der Waals surface area contributed by atoms with Gasteiger partial charge in [0.05, 0.1) is 12.2 Å². The number of nitrogens with one attached hydrogen (secondary N) is 1. The Morgan fingerprint density at radius 2 is 1.79 bits per heavy atom. The van der Waals surface area contributed by atoms with Gasteiger partial charge in [0.15, 0.2) is 0 Å². The van der Waals surface area contributed by atoms with Crippen molar-refractivity contribution >= 4 is 34.1 Å².